The summed E-state index contributed by atoms with van der Waals surface area (Å²) in [7, 11) is 13.0. The van der Waals surface area contributed by atoms with Gasteiger partial charge in [-0.2, -0.15) is 0 Å². The molecule has 5 heteroatoms. The molecule has 0 spiro atoms. The Morgan fingerprint density at radius 3 is 0.818 bits per heavy atom. The molecule has 0 bridgehead atoms. The van der Waals surface area contributed by atoms with Crippen LogP contribution >= 0.6 is 12.4 Å². The first-order valence-corrected chi connectivity index (χ1v) is 7.18. The fraction of sp³-hybridized carbons (Fsp3) is 1.00. The topological polar surface area (TPSA) is 9.72 Å². The van der Waals surface area contributed by atoms with E-state index in [1.807, 2.05) is 0 Å². The van der Waals surface area contributed by atoms with Gasteiger partial charge in [0.05, 0.1) is 0 Å². The summed E-state index contributed by atoms with van der Waals surface area (Å²) in [5.41, 5.74) is 0. The SMILES string of the molecule is C[N](C)[Sn]([N](C)C)[N](C)C.Cl. The van der Waals surface area contributed by atoms with Crippen molar-refractivity contribution in [2.75, 3.05) is 42.3 Å². The zero-order valence-electron chi connectivity index (χ0n) is 8.25. The van der Waals surface area contributed by atoms with Crippen molar-refractivity contribution >= 4 is 33.0 Å². The molecular weight excluding hydrogens is 268 g/mol. The molecule has 0 aromatic carbocycles. The van der Waals surface area contributed by atoms with Crippen LogP contribution in [0, 0.1) is 0 Å². The zero-order valence-corrected chi connectivity index (χ0v) is 11.9. The molecule has 69 valence electrons. The molecule has 11 heavy (non-hydrogen) atoms. The Balaban J connectivity index is 0. The van der Waals surface area contributed by atoms with Crippen molar-refractivity contribution < 1.29 is 0 Å². The van der Waals surface area contributed by atoms with Gasteiger partial charge in [-0.1, -0.05) is 0 Å². The minimum Gasteiger partial charge on any atom is -0.147 e. The van der Waals surface area contributed by atoms with Gasteiger partial charge in [0.25, 0.3) is 0 Å². The summed E-state index contributed by atoms with van der Waals surface area (Å²) >= 11 is -1.51. The van der Waals surface area contributed by atoms with Gasteiger partial charge in [0, 0.05) is 0 Å². The Hall–Kier alpha value is 0.969. The van der Waals surface area contributed by atoms with Crippen LogP contribution < -0.4 is 0 Å². The summed E-state index contributed by atoms with van der Waals surface area (Å²) < 4.78 is 7.09. The van der Waals surface area contributed by atoms with Crippen LogP contribution in [-0.4, -0.2) is 72.2 Å². The maximum absolute atomic E-state index is 2.36. The number of hydrogen-bond donors (Lipinski definition) is 0. The van der Waals surface area contributed by atoms with Crippen LogP contribution in [0.4, 0.5) is 0 Å². The molecule has 0 fully saturated rings. The monoisotopic (exact) mass is 288 g/mol. The van der Waals surface area contributed by atoms with E-state index in [4.69, 9.17) is 0 Å². The summed E-state index contributed by atoms with van der Waals surface area (Å²) in [6, 6.07) is 0. The molecule has 0 aromatic rings. The van der Waals surface area contributed by atoms with Gasteiger partial charge in [0.2, 0.25) is 0 Å². The number of hydrogen-bond acceptors (Lipinski definition) is 3. The average molecular weight is 287 g/mol. The Kier molecular flexibility index (Phi) is 8.54. The van der Waals surface area contributed by atoms with E-state index < -0.39 is 20.6 Å². The minimum atomic E-state index is -1.51. The zero-order chi connectivity index (χ0) is 8.31. The first kappa shape index (κ1) is 14.5. The summed E-state index contributed by atoms with van der Waals surface area (Å²) in [6.45, 7) is 0. The summed E-state index contributed by atoms with van der Waals surface area (Å²) in [6.07, 6.45) is 0. The van der Waals surface area contributed by atoms with Gasteiger partial charge in [0.1, 0.15) is 0 Å². The molecule has 0 rings (SSSR count). The predicted octanol–water partition coefficient (Wildman–Crippen LogP) is 0.0779. The minimum absolute atomic E-state index is 0. The van der Waals surface area contributed by atoms with Crippen LogP contribution in [0.25, 0.3) is 0 Å². The second-order valence-corrected chi connectivity index (χ2v) is 12.4. The molecular formula is C6H19ClN3Sn. The van der Waals surface area contributed by atoms with Gasteiger partial charge in [-0.15, -0.1) is 12.4 Å². The molecule has 0 aliphatic carbocycles. The molecule has 0 amide bonds. The molecule has 1 radical (unpaired) electrons. The van der Waals surface area contributed by atoms with Crippen LogP contribution in [-0.2, 0) is 0 Å². The van der Waals surface area contributed by atoms with Crippen LogP contribution in [0.3, 0.4) is 0 Å². The Bertz CT molecular complexity index is 78.8. The van der Waals surface area contributed by atoms with E-state index in [9.17, 15) is 0 Å². The van der Waals surface area contributed by atoms with Gasteiger partial charge in [-0.05, 0) is 0 Å². The van der Waals surface area contributed by atoms with E-state index in [0.717, 1.165) is 0 Å². The predicted molar refractivity (Wildman–Crippen MR) is 54.1 cm³/mol. The molecule has 0 atom stereocenters. The van der Waals surface area contributed by atoms with Crippen LogP contribution in [0.5, 0.6) is 0 Å². The van der Waals surface area contributed by atoms with Crippen molar-refractivity contribution in [1.82, 2.24) is 9.36 Å². The smallest absolute Gasteiger partial charge is 0.147 e. The van der Waals surface area contributed by atoms with Gasteiger partial charge in [0.15, 0.2) is 0 Å². The number of rotatable bonds is 3. The maximum atomic E-state index is 2.36. The van der Waals surface area contributed by atoms with Crippen LogP contribution in [0.15, 0.2) is 0 Å². The Labute approximate surface area is 84.5 Å². The molecule has 0 aliphatic rings. The molecule has 0 heterocycles. The van der Waals surface area contributed by atoms with E-state index in [1.54, 1.807) is 0 Å². The third-order valence-corrected chi connectivity index (χ3v) is 8.05. The first-order chi connectivity index (χ1) is 4.46. The van der Waals surface area contributed by atoms with Crippen LogP contribution in [0.2, 0.25) is 0 Å². The molecule has 0 saturated heterocycles. The van der Waals surface area contributed by atoms with E-state index in [-0.39, 0.29) is 12.4 Å². The normalized spacial score (nSPS) is 11.5. The molecule has 0 aliphatic heterocycles. The van der Waals surface area contributed by atoms with E-state index in [0.29, 0.717) is 0 Å². The third-order valence-electron chi connectivity index (χ3n) is 1.20. The van der Waals surface area contributed by atoms with Gasteiger partial charge < -0.3 is 0 Å². The van der Waals surface area contributed by atoms with Crippen molar-refractivity contribution in [1.29, 1.82) is 0 Å². The Morgan fingerprint density at radius 1 is 0.636 bits per heavy atom. The third kappa shape index (κ3) is 5.25. The molecule has 3 nitrogen and oxygen atoms in total. The molecule has 0 aromatic heterocycles. The first-order valence-electron chi connectivity index (χ1n) is 3.35. The van der Waals surface area contributed by atoms with Crippen molar-refractivity contribution in [2.24, 2.45) is 0 Å². The Morgan fingerprint density at radius 2 is 0.818 bits per heavy atom. The second kappa shape index (κ2) is 6.48. The molecule has 0 unspecified atom stereocenters. The summed E-state index contributed by atoms with van der Waals surface area (Å²) in [5.74, 6) is 0. The summed E-state index contributed by atoms with van der Waals surface area (Å²) in [5, 5.41) is 0. The standard InChI is InChI=1S/3C2H6N.ClH.Sn/c3*1-3-2;;/h3*1-2H3;1H;/q3*-1;;+3. The summed E-state index contributed by atoms with van der Waals surface area (Å²) in [4.78, 5) is 0. The maximum Gasteiger partial charge on any atom is -0.147 e. The van der Waals surface area contributed by atoms with Gasteiger partial charge in [-0.25, -0.2) is 0 Å². The van der Waals surface area contributed by atoms with Crippen molar-refractivity contribution in [3.8, 4) is 0 Å². The van der Waals surface area contributed by atoms with Gasteiger partial charge >= 0.3 is 72.2 Å². The number of nitrogens with zero attached hydrogens (tertiary/aromatic N) is 3. The molecule has 0 saturated carbocycles. The van der Waals surface area contributed by atoms with E-state index >= 15 is 0 Å². The van der Waals surface area contributed by atoms with E-state index in [2.05, 4.69) is 51.7 Å². The quantitative estimate of drug-likeness (QED) is 0.681. The fourth-order valence-corrected chi connectivity index (χ4v) is 8.05. The van der Waals surface area contributed by atoms with Crippen LogP contribution in [0.1, 0.15) is 0 Å². The van der Waals surface area contributed by atoms with E-state index in [1.165, 1.54) is 0 Å². The van der Waals surface area contributed by atoms with Crippen molar-refractivity contribution in [3.05, 3.63) is 0 Å². The fourth-order valence-electron chi connectivity index (χ4n) is 1.20. The van der Waals surface area contributed by atoms with Crippen molar-refractivity contribution in [2.45, 2.75) is 0 Å². The average Bonchev–Trinajstić information content (AvgIpc) is 1.59. The van der Waals surface area contributed by atoms with Crippen molar-refractivity contribution in [3.63, 3.8) is 0 Å². The number of halogens is 1. The molecule has 0 N–H and O–H groups in total. The van der Waals surface area contributed by atoms with Gasteiger partial charge in [-0.3, -0.25) is 0 Å². The largest absolute Gasteiger partial charge is 0.147 e. The second-order valence-electron chi connectivity index (χ2n) is 2.98.